The number of nitrogens with zero attached hydrogens (tertiary/aromatic N) is 4. The first-order chi connectivity index (χ1) is 10.8. The monoisotopic (exact) mass is 342 g/mol. The maximum absolute atomic E-state index is 12.7. The van der Waals surface area contributed by atoms with Crippen LogP contribution in [-0.4, -0.2) is 28.0 Å². The Bertz CT molecular complexity index is 678. The van der Waals surface area contributed by atoms with E-state index in [-0.39, 0.29) is 5.92 Å². The summed E-state index contributed by atoms with van der Waals surface area (Å²) in [6, 6.07) is 1.90. The second-order valence-electron chi connectivity index (χ2n) is 5.80. The van der Waals surface area contributed by atoms with E-state index >= 15 is 0 Å². The Labute approximate surface area is 136 Å². The summed E-state index contributed by atoms with van der Waals surface area (Å²) in [5.74, 6) is 0.647. The number of alkyl halides is 3. The van der Waals surface area contributed by atoms with Gasteiger partial charge in [0.15, 0.2) is 5.69 Å². The topological polar surface area (TPSA) is 41.9 Å². The quantitative estimate of drug-likeness (QED) is 0.829. The van der Waals surface area contributed by atoms with Crippen molar-refractivity contribution >= 4 is 17.3 Å². The average molecular weight is 342 g/mol. The molecule has 8 heteroatoms. The zero-order valence-corrected chi connectivity index (χ0v) is 13.7. The number of rotatable bonds is 2. The van der Waals surface area contributed by atoms with Gasteiger partial charge in [0.2, 0.25) is 5.95 Å². The molecule has 0 saturated carbocycles. The number of aromatic nitrogens is 3. The number of hydrogen-bond donors (Lipinski definition) is 0. The molecule has 3 rings (SSSR count). The van der Waals surface area contributed by atoms with Gasteiger partial charge in [-0.05, 0) is 32.8 Å². The van der Waals surface area contributed by atoms with Crippen molar-refractivity contribution in [1.29, 1.82) is 0 Å². The number of piperidine rings is 1. The lowest BCUT2D eigenvalue weighted by atomic mass is 9.99. The molecule has 0 aromatic carbocycles. The van der Waals surface area contributed by atoms with Crippen molar-refractivity contribution in [2.45, 2.75) is 38.8 Å². The van der Waals surface area contributed by atoms with E-state index in [1.54, 1.807) is 0 Å². The fourth-order valence-electron chi connectivity index (χ4n) is 2.81. The first kappa shape index (κ1) is 16.2. The molecule has 0 N–H and O–H groups in total. The molecule has 1 aliphatic heterocycles. The molecule has 124 valence electrons. The third-order valence-electron chi connectivity index (χ3n) is 3.84. The van der Waals surface area contributed by atoms with Crippen molar-refractivity contribution in [1.82, 2.24) is 15.0 Å². The van der Waals surface area contributed by atoms with Crippen LogP contribution >= 0.6 is 11.3 Å². The van der Waals surface area contributed by atoms with Crippen LogP contribution in [0.4, 0.5) is 19.1 Å². The Morgan fingerprint density at radius 1 is 1.17 bits per heavy atom. The Hall–Kier alpha value is -1.70. The zero-order chi connectivity index (χ0) is 16.6. The summed E-state index contributed by atoms with van der Waals surface area (Å²) in [5.41, 5.74) is 0.990. The van der Waals surface area contributed by atoms with Gasteiger partial charge in [-0.25, -0.2) is 15.0 Å². The van der Waals surface area contributed by atoms with Crippen LogP contribution < -0.4 is 4.90 Å². The van der Waals surface area contributed by atoms with E-state index < -0.39 is 11.9 Å². The Kier molecular flexibility index (Phi) is 4.27. The highest BCUT2D eigenvalue weighted by atomic mass is 32.1. The van der Waals surface area contributed by atoms with Gasteiger partial charge in [-0.15, -0.1) is 11.3 Å². The van der Waals surface area contributed by atoms with E-state index in [9.17, 15) is 13.2 Å². The van der Waals surface area contributed by atoms with Crippen LogP contribution in [0.5, 0.6) is 0 Å². The first-order valence-corrected chi connectivity index (χ1v) is 8.31. The number of hydrogen-bond acceptors (Lipinski definition) is 5. The van der Waals surface area contributed by atoms with Crippen LogP contribution in [0.3, 0.4) is 0 Å². The van der Waals surface area contributed by atoms with Crippen molar-refractivity contribution in [3.8, 4) is 0 Å². The smallest absolute Gasteiger partial charge is 0.340 e. The minimum absolute atomic E-state index is 0.00531. The molecular weight excluding hydrogens is 325 g/mol. The highest BCUT2D eigenvalue weighted by molar-refractivity contribution is 7.09. The molecule has 0 spiro atoms. The predicted molar refractivity (Wildman–Crippen MR) is 82.8 cm³/mol. The van der Waals surface area contributed by atoms with E-state index in [1.165, 1.54) is 0 Å². The molecule has 1 aliphatic rings. The Morgan fingerprint density at radius 3 is 2.48 bits per heavy atom. The number of thiazole rings is 1. The maximum atomic E-state index is 12.7. The van der Waals surface area contributed by atoms with E-state index in [4.69, 9.17) is 0 Å². The summed E-state index contributed by atoms with van der Waals surface area (Å²) in [4.78, 5) is 14.7. The molecule has 0 aliphatic carbocycles. The molecule has 0 amide bonds. The molecule has 2 aromatic heterocycles. The van der Waals surface area contributed by atoms with Crippen molar-refractivity contribution in [2.24, 2.45) is 0 Å². The van der Waals surface area contributed by atoms with Crippen molar-refractivity contribution < 1.29 is 13.2 Å². The summed E-state index contributed by atoms with van der Waals surface area (Å²) >= 11 is 1.09. The van der Waals surface area contributed by atoms with Gasteiger partial charge in [-0.2, -0.15) is 13.2 Å². The lowest BCUT2D eigenvalue weighted by Crippen LogP contribution is -2.35. The second-order valence-corrected chi connectivity index (χ2v) is 6.69. The van der Waals surface area contributed by atoms with Gasteiger partial charge in [-0.1, -0.05) is 0 Å². The second kappa shape index (κ2) is 6.07. The minimum atomic E-state index is -4.38. The first-order valence-electron chi connectivity index (χ1n) is 7.43. The van der Waals surface area contributed by atoms with Crippen LogP contribution in [0.15, 0.2) is 11.4 Å². The van der Waals surface area contributed by atoms with Gasteiger partial charge in [0.05, 0.1) is 5.01 Å². The van der Waals surface area contributed by atoms with Crippen molar-refractivity contribution in [3.63, 3.8) is 0 Å². The fourth-order valence-corrected chi connectivity index (χ4v) is 3.77. The molecule has 4 nitrogen and oxygen atoms in total. The Balaban J connectivity index is 1.79. The number of anilines is 1. The highest BCUT2D eigenvalue weighted by Crippen LogP contribution is 2.35. The number of halogens is 3. The SMILES string of the molecule is Cc1cc(C)nc(N2CCCC(c3nc(C(F)(F)F)cs3)C2)n1. The molecule has 0 radical (unpaired) electrons. The van der Waals surface area contributed by atoms with Crippen LogP contribution in [-0.2, 0) is 6.18 Å². The summed E-state index contributed by atoms with van der Waals surface area (Å²) in [6.07, 6.45) is -2.64. The van der Waals surface area contributed by atoms with Gasteiger partial charge < -0.3 is 4.90 Å². The van der Waals surface area contributed by atoms with Crippen LogP contribution in [0.2, 0.25) is 0 Å². The van der Waals surface area contributed by atoms with Gasteiger partial charge in [-0.3, -0.25) is 0 Å². The van der Waals surface area contributed by atoms with E-state index in [2.05, 4.69) is 15.0 Å². The maximum Gasteiger partial charge on any atom is 0.434 e. The average Bonchev–Trinajstić information content (AvgIpc) is 2.96. The molecule has 1 saturated heterocycles. The summed E-state index contributed by atoms with van der Waals surface area (Å²) in [6.45, 7) is 5.25. The Morgan fingerprint density at radius 2 is 1.87 bits per heavy atom. The van der Waals surface area contributed by atoms with Gasteiger partial charge in [0, 0.05) is 35.8 Å². The van der Waals surface area contributed by atoms with Crippen LogP contribution in [0, 0.1) is 13.8 Å². The van der Waals surface area contributed by atoms with E-state index in [0.717, 1.165) is 47.5 Å². The summed E-state index contributed by atoms with van der Waals surface area (Å²) < 4.78 is 38.1. The van der Waals surface area contributed by atoms with Gasteiger partial charge >= 0.3 is 6.18 Å². The van der Waals surface area contributed by atoms with E-state index in [0.29, 0.717) is 17.5 Å². The normalized spacial score (nSPS) is 19.2. The van der Waals surface area contributed by atoms with Gasteiger partial charge in [0.1, 0.15) is 0 Å². The summed E-state index contributed by atoms with van der Waals surface area (Å²) in [7, 11) is 0. The molecule has 1 atom stereocenters. The molecule has 1 unspecified atom stereocenters. The van der Waals surface area contributed by atoms with Crippen molar-refractivity contribution in [3.05, 3.63) is 33.5 Å². The molecule has 23 heavy (non-hydrogen) atoms. The third kappa shape index (κ3) is 3.63. The van der Waals surface area contributed by atoms with Crippen LogP contribution in [0.1, 0.15) is 40.8 Å². The van der Waals surface area contributed by atoms with Crippen LogP contribution in [0.25, 0.3) is 0 Å². The van der Waals surface area contributed by atoms with E-state index in [1.807, 2.05) is 24.8 Å². The molecule has 2 aromatic rings. The zero-order valence-electron chi connectivity index (χ0n) is 12.9. The lowest BCUT2D eigenvalue weighted by Gasteiger charge is -2.32. The summed E-state index contributed by atoms with van der Waals surface area (Å²) in [5, 5.41) is 1.65. The van der Waals surface area contributed by atoms with Gasteiger partial charge in [0.25, 0.3) is 0 Å². The highest BCUT2D eigenvalue weighted by Gasteiger charge is 2.35. The standard InChI is InChI=1S/C15H17F3N4S/c1-9-6-10(2)20-14(19-9)22-5-3-4-11(7-22)13-21-12(8-23-13)15(16,17)18/h6,8,11H,3-5,7H2,1-2H3. The largest absolute Gasteiger partial charge is 0.434 e. The minimum Gasteiger partial charge on any atom is -0.340 e. The lowest BCUT2D eigenvalue weighted by molar-refractivity contribution is -0.140. The molecule has 1 fully saturated rings. The fraction of sp³-hybridized carbons (Fsp3) is 0.533. The van der Waals surface area contributed by atoms with Crippen molar-refractivity contribution in [2.75, 3.05) is 18.0 Å². The molecular formula is C15H17F3N4S. The number of aryl methyl sites for hydroxylation is 2. The molecule has 3 heterocycles. The molecule has 0 bridgehead atoms. The predicted octanol–water partition coefficient (Wildman–Crippen LogP) is 3.95. The third-order valence-corrected chi connectivity index (χ3v) is 4.84.